The zero-order valence-electron chi connectivity index (χ0n) is 12.2. The SMILES string of the molecule is Nc1nc2cc(Br)ccc2c2c1N=C(C1CCC(O)CC1)C2. The number of pyridine rings is 1. The lowest BCUT2D eigenvalue weighted by Crippen LogP contribution is -2.24. The number of hydrogen-bond acceptors (Lipinski definition) is 4. The molecule has 0 amide bonds. The third-order valence-electron chi connectivity index (χ3n) is 4.84. The predicted octanol–water partition coefficient (Wildman–Crippen LogP) is 3.76. The van der Waals surface area contributed by atoms with E-state index < -0.39 is 0 Å². The van der Waals surface area contributed by atoms with Gasteiger partial charge in [0.15, 0.2) is 0 Å². The molecule has 1 aromatic heterocycles. The van der Waals surface area contributed by atoms with Gasteiger partial charge in [0.1, 0.15) is 11.5 Å². The minimum absolute atomic E-state index is 0.134. The molecule has 0 unspecified atom stereocenters. The Morgan fingerprint density at radius 3 is 2.73 bits per heavy atom. The molecule has 2 aliphatic rings. The highest BCUT2D eigenvalue weighted by molar-refractivity contribution is 9.10. The van der Waals surface area contributed by atoms with Crippen molar-refractivity contribution in [2.45, 2.75) is 38.2 Å². The van der Waals surface area contributed by atoms with Crippen LogP contribution in [0, 0.1) is 5.92 Å². The molecule has 4 nitrogen and oxygen atoms in total. The van der Waals surface area contributed by atoms with E-state index in [2.05, 4.69) is 27.0 Å². The Balaban J connectivity index is 1.72. The van der Waals surface area contributed by atoms with Gasteiger partial charge >= 0.3 is 0 Å². The van der Waals surface area contributed by atoms with Crippen LogP contribution in [0.15, 0.2) is 27.7 Å². The average Bonchev–Trinajstić information content (AvgIpc) is 2.93. The summed E-state index contributed by atoms with van der Waals surface area (Å²) in [7, 11) is 0. The maximum absolute atomic E-state index is 9.68. The second-order valence-electron chi connectivity index (χ2n) is 6.27. The number of nitrogens with two attached hydrogens (primary N) is 1. The van der Waals surface area contributed by atoms with E-state index in [0.717, 1.165) is 53.2 Å². The third-order valence-corrected chi connectivity index (χ3v) is 5.33. The maximum atomic E-state index is 9.68. The Labute approximate surface area is 137 Å². The number of aliphatic imine (C=N–C) groups is 1. The summed E-state index contributed by atoms with van der Waals surface area (Å²) in [6.07, 6.45) is 4.52. The van der Waals surface area contributed by atoms with Crippen molar-refractivity contribution in [3.63, 3.8) is 0 Å². The monoisotopic (exact) mass is 359 g/mol. The first-order valence-corrected chi connectivity index (χ1v) is 8.54. The fraction of sp³-hybridized carbons (Fsp3) is 0.412. The number of fused-ring (bicyclic) bond motifs is 3. The van der Waals surface area contributed by atoms with Gasteiger partial charge in [-0.25, -0.2) is 4.98 Å². The van der Waals surface area contributed by atoms with Gasteiger partial charge in [0, 0.05) is 22.0 Å². The molecular formula is C17H18BrN3O. The van der Waals surface area contributed by atoms with E-state index in [4.69, 9.17) is 10.7 Å². The number of hydrogen-bond donors (Lipinski definition) is 2. The van der Waals surface area contributed by atoms with Crippen LogP contribution in [0.25, 0.3) is 10.9 Å². The largest absolute Gasteiger partial charge is 0.393 e. The number of anilines is 1. The molecule has 1 fully saturated rings. The van der Waals surface area contributed by atoms with Crippen LogP contribution >= 0.6 is 15.9 Å². The van der Waals surface area contributed by atoms with Crippen molar-refractivity contribution in [1.29, 1.82) is 0 Å². The molecule has 0 bridgehead atoms. The fourth-order valence-electron chi connectivity index (χ4n) is 3.63. The zero-order chi connectivity index (χ0) is 15.3. The van der Waals surface area contributed by atoms with Crippen LogP contribution in [0.5, 0.6) is 0 Å². The van der Waals surface area contributed by atoms with Gasteiger partial charge in [-0.15, -0.1) is 0 Å². The molecule has 1 aliphatic carbocycles. The summed E-state index contributed by atoms with van der Waals surface area (Å²) >= 11 is 3.48. The van der Waals surface area contributed by atoms with Crippen molar-refractivity contribution in [1.82, 2.24) is 4.98 Å². The number of rotatable bonds is 1. The lowest BCUT2D eigenvalue weighted by Gasteiger charge is -2.25. The number of nitrogen functional groups attached to an aromatic ring is 1. The van der Waals surface area contributed by atoms with Crippen molar-refractivity contribution in [3.8, 4) is 0 Å². The smallest absolute Gasteiger partial charge is 0.150 e. The van der Waals surface area contributed by atoms with E-state index in [1.165, 1.54) is 11.3 Å². The average molecular weight is 360 g/mol. The Bertz CT molecular complexity index is 779. The van der Waals surface area contributed by atoms with Gasteiger partial charge in [0.05, 0.1) is 11.6 Å². The van der Waals surface area contributed by atoms with Crippen LogP contribution in [0.1, 0.15) is 31.2 Å². The normalized spacial score (nSPS) is 24.4. The van der Waals surface area contributed by atoms with Gasteiger partial charge in [-0.1, -0.05) is 22.0 Å². The number of nitrogens with zero attached hydrogens (tertiary/aromatic N) is 2. The summed E-state index contributed by atoms with van der Waals surface area (Å²) in [6.45, 7) is 0. The molecule has 1 aliphatic heterocycles. The van der Waals surface area contributed by atoms with Crippen molar-refractivity contribution >= 4 is 44.0 Å². The van der Waals surface area contributed by atoms with Crippen molar-refractivity contribution in [3.05, 3.63) is 28.2 Å². The summed E-state index contributed by atoms with van der Waals surface area (Å²) in [5.41, 5.74) is 10.3. The molecule has 5 heteroatoms. The lowest BCUT2D eigenvalue weighted by molar-refractivity contribution is 0.121. The predicted molar refractivity (Wildman–Crippen MR) is 92.6 cm³/mol. The topological polar surface area (TPSA) is 71.5 Å². The van der Waals surface area contributed by atoms with E-state index in [-0.39, 0.29) is 6.10 Å². The molecule has 1 saturated carbocycles. The van der Waals surface area contributed by atoms with Gasteiger partial charge in [0.25, 0.3) is 0 Å². The molecule has 0 saturated heterocycles. The Morgan fingerprint density at radius 2 is 1.95 bits per heavy atom. The quantitative estimate of drug-likeness (QED) is 0.814. The Kier molecular flexibility index (Phi) is 3.42. The van der Waals surface area contributed by atoms with E-state index in [1.807, 2.05) is 12.1 Å². The second-order valence-corrected chi connectivity index (χ2v) is 7.19. The first-order valence-electron chi connectivity index (χ1n) is 7.75. The second kappa shape index (κ2) is 5.32. The minimum atomic E-state index is -0.134. The van der Waals surface area contributed by atoms with E-state index in [9.17, 15) is 5.11 Å². The molecule has 1 aromatic carbocycles. The minimum Gasteiger partial charge on any atom is -0.393 e. The van der Waals surface area contributed by atoms with E-state index >= 15 is 0 Å². The van der Waals surface area contributed by atoms with Gasteiger partial charge in [0.2, 0.25) is 0 Å². The molecule has 0 atom stereocenters. The maximum Gasteiger partial charge on any atom is 0.150 e. The van der Waals surface area contributed by atoms with Gasteiger partial charge in [-0.3, -0.25) is 4.99 Å². The van der Waals surface area contributed by atoms with E-state index in [0.29, 0.717) is 11.7 Å². The third kappa shape index (κ3) is 2.32. The standard InChI is InChI=1S/C17H18BrN3O/c18-10-3-6-12-13-8-14(9-1-4-11(22)5-2-9)20-16(13)17(19)21-15(12)7-10/h3,6-7,9,11,22H,1-2,4-5,8H2,(H2,19,21). The summed E-state index contributed by atoms with van der Waals surface area (Å²) in [5.74, 6) is 0.993. The molecule has 114 valence electrons. The fourth-order valence-corrected chi connectivity index (χ4v) is 3.98. The molecule has 22 heavy (non-hydrogen) atoms. The molecule has 0 spiro atoms. The highest BCUT2D eigenvalue weighted by Crippen LogP contribution is 2.40. The highest BCUT2D eigenvalue weighted by atomic mass is 79.9. The van der Waals surface area contributed by atoms with Crippen LogP contribution in [0.3, 0.4) is 0 Å². The summed E-state index contributed by atoms with van der Waals surface area (Å²) in [6, 6.07) is 6.13. The lowest BCUT2D eigenvalue weighted by atomic mass is 9.83. The van der Waals surface area contributed by atoms with Crippen molar-refractivity contribution in [2.24, 2.45) is 10.9 Å². The number of benzene rings is 1. The van der Waals surface area contributed by atoms with Crippen LogP contribution in [-0.2, 0) is 6.42 Å². The van der Waals surface area contributed by atoms with Gasteiger partial charge < -0.3 is 10.8 Å². The van der Waals surface area contributed by atoms with Crippen LogP contribution < -0.4 is 5.73 Å². The first kappa shape index (κ1) is 14.2. The number of aromatic nitrogens is 1. The number of aliphatic hydroxyl groups excluding tert-OH is 1. The summed E-state index contributed by atoms with van der Waals surface area (Å²) in [5, 5.41) is 10.8. The van der Waals surface area contributed by atoms with Crippen LogP contribution in [0.2, 0.25) is 0 Å². The van der Waals surface area contributed by atoms with E-state index in [1.54, 1.807) is 0 Å². The van der Waals surface area contributed by atoms with Crippen molar-refractivity contribution < 1.29 is 5.11 Å². The summed E-state index contributed by atoms with van der Waals surface area (Å²) < 4.78 is 1.01. The molecule has 2 heterocycles. The Morgan fingerprint density at radius 1 is 1.18 bits per heavy atom. The molecular weight excluding hydrogens is 342 g/mol. The van der Waals surface area contributed by atoms with Crippen LogP contribution in [-0.4, -0.2) is 21.9 Å². The molecule has 3 N–H and O–H groups in total. The molecule has 4 rings (SSSR count). The molecule has 0 radical (unpaired) electrons. The van der Waals surface area contributed by atoms with Crippen LogP contribution in [0.4, 0.5) is 11.5 Å². The number of aliphatic hydroxyl groups is 1. The first-order chi connectivity index (χ1) is 10.6. The molecule has 2 aromatic rings. The highest BCUT2D eigenvalue weighted by Gasteiger charge is 2.29. The summed E-state index contributed by atoms with van der Waals surface area (Å²) in [4.78, 5) is 9.31. The number of halogens is 1. The van der Waals surface area contributed by atoms with Gasteiger partial charge in [-0.2, -0.15) is 0 Å². The zero-order valence-corrected chi connectivity index (χ0v) is 13.8. The Hall–Kier alpha value is -1.46. The van der Waals surface area contributed by atoms with Crippen molar-refractivity contribution in [2.75, 3.05) is 5.73 Å². The van der Waals surface area contributed by atoms with Gasteiger partial charge in [-0.05, 0) is 49.3 Å².